The highest BCUT2D eigenvalue weighted by Crippen LogP contribution is 2.19. The molecule has 0 spiro atoms. The summed E-state index contributed by atoms with van der Waals surface area (Å²) in [5.74, 6) is -1.77. The number of benzene rings is 1. The lowest BCUT2D eigenvalue weighted by atomic mass is 10.2. The Labute approximate surface area is 131 Å². The molecule has 0 fully saturated rings. The summed E-state index contributed by atoms with van der Waals surface area (Å²) in [7, 11) is 0. The zero-order valence-electron chi connectivity index (χ0n) is 11.9. The van der Waals surface area contributed by atoms with Gasteiger partial charge in [-0.1, -0.05) is 29.8 Å². The van der Waals surface area contributed by atoms with Gasteiger partial charge in [-0.25, -0.2) is 4.39 Å². The first-order chi connectivity index (χ1) is 9.77. The third-order valence-electron chi connectivity index (χ3n) is 2.55. The van der Waals surface area contributed by atoms with Crippen molar-refractivity contribution in [2.45, 2.75) is 13.8 Å². The van der Waals surface area contributed by atoms with Crippen LogP contribution >= 0.6 is 15.9 Å². The van der Waals surface area contributed by atoms with E-state index >= 15 is 0 Å². The highest BCUT2D eigenvalue weighted by atomic mass is 79.9. The Balaban J connectivity index is 2.66. The molecule has 116 valence electrons. The van der Waals surface area contributed by atoms with E-state index in [9.17, 15) is 14.0 Å². The van der Waals surface area contributed by atoms with Crippen LogP contribution in [0.2, 0.25) is 0 Å². The van der Waals surface area contributed by atoms with Gasteiger partial charge < -0.3 is 10.4 Å². The molecule has 0 aromatic heterocycles. The number of carboxylic acid groups (broad SMARTS) is 1. The van der Waals surface area contributed by atoms with Crippen LogP contribution in [0.1, 0.15) is 13.8 Å². The van der Waals surface area contributed by atoms with Gasteiger partial charge in [0, 0.05) is 11.0 Å². The van der Waals surface area contributed by atoms with Gasteiger partial charge >= 0.3 is 5.97 Å². The molecular formula is C14H18BrFN2O3. The molecule has 0 heterocycles. The van der Waals surface area contributed by atoms with Gasteiger partial charge in [-0.15, -0.1) is 0 Å². The molecule has 0 aliphatic carbocycles. The zero-order chi connectivity index (χ0) is 16.0. The fraction of sp³-hybridized carbons (Fsp3) is 0.429. The number of carbonyl (C=O) groups is 2. The summed E-state index contributed by atoms with van der Waals surface area (Å²) < 4.78 is 14.2. The van der Waals surface area contributed by atoms with E-state index in [1.54, 1.807) is 6.07 Å². The molecule has 0 saturated carbocycles. The van der Waals surface area contributed by atoms with Crippen LogP contribution in [0.15, 0.2) is 22.7 Å². The van der Waals surface area contributed by atoms with Gasteiger partial charge in [-0.3, -0.25) is 14.5 Å². The van der Waals surface area contributed by atoms with E-state index in [2.05, 4.69) is 21.2 Å². The molecule has 21 heavy (non-hydrogen) atoms. The monoisotopic (exact) mass is 360 g/mol. The van der Waals surface area contributed by atoms with Gasteiger partial charge in [0.2, 0.25) is 5.91 Å². The van der Waals surface area contributed by atoms with Gasteiger partial charge in [0.05, 0.1) is 18.8 Å². The first-order valence-electron chi connectivity index (χ1n) is 6.47. The standard InChI is InChI=1S/C14H18BrFN2O3/c1-9(2)6-18(8-14(20)21)7-13(19)17-12-4-3-10(15)5-11(12)16/h3-5,9H,6-8H2,1-2H3,(H,17,19)(H,20,21). The van der Waals surface area contributed by atoms with Crippen LogP contribution in [0, 0.1) is 11.7 Å². The van der Waals surface area contributed by atoms with Crippen LogP contribution in [0.25, 0.3) is 0 Å². The number of carbonyl (C=O) groups excluding carboxylic acids is 1. The molecule has 2 N–H and O–H groups in total. The maximum Gasteiger partial charge on any atom is 0.317 e. The minimum Gasteiger partial charge on any atom is -0.480 e. The van der Waals surface area contributed by atoms with Gasteiger partial charge in [0.1, 0.15) is 5.82 Å². The molecule has 0 aliphatic heterocycles. The zero-order valence-corrected chi connectivity index (χ0v) is 13.5. The number of anilines is 1. The number of halogens is 2. The molecule has 0 atom stereocenters. The van der Waals surface area contributed by atoms with Crippen molar-refractivity contribution in [3.63, 3.8) is 0 Å². The Morgan fingerprint density at radius 1 is 1.38 bits per heavy atom. The summed E-state index contributed by atoms with van der Waals surface area (Å²) in [4.78, 5) is 24.2. The van der Waals surface area contributed by atoms with Crippen molar-refractivity contribution in [2.24, 2.45) is 5.92 Å². The van der Waals surface area contributed by atoms with Gasteiger partial charge in [-0.2, -0.15) is 0 Å². The first kappa shape index (κ1) is 17.6. The van der Waals surface area contributed by atoms with Gasteiger partial charge in [-0.05, 0) is 24.1 Å². The molecule has 0 aliphatic rings. The highest BCUT2D eigenvalue weighted by molar-refractivity contribution is 9.10. The summed E-state index contributed by atoms with van der Waals surface area (Å²) >= 11 is 3.13. The van der Waals surface area contributed by atoms with Crippen LogP contribution in [0.4, 0.5) is 10.1 Å². The number of hydrogen-bond acceptors (Lipinski definition) is 3. The molecule has 5 nitrogen and oxygen atoms in total. The minimum absolute atomic E-state index is 0.0722. The lowest BCUT2D eigenvalue weighted by Crippen LogP contribution is -2.39. The first-order valence-corrected chi connectivity index (χ1v) is 7.26. The lowest BCUT2D eigenvalue weighted by Gasteiger charge is -2.21. The largest absolute Gasteiger partial charge is 0.480 e. The van der Waals surface area contributed by atoms with Crippen molar-refractivity contribution >= 4 is 33.5 Å². The second-order valence-corrected chi connectivity index (χ2v) is 6.05. The Morgan fingerprint density at radius 2 is 2.05 bits per heavy atom. The molecule has 0 saturated heterocycles. The van der Waals surface area contributed by atoms with E-state index in [-0.39, 0.29) is 24.7 Å². The number of amides is 1. The topological polar surface area (TPSA) is 69.6 Å². The third kappa shape index (κ3) is 6.68. The average Bonchev–Trinajstić information content (AvgIpc) is 2.30. The Bertz CT molecular complexity index is 523. The Hall–Kier alpha value is -1.47. The highest BCUT2D eigenvalue weighted by Gasteiger charge is 2.16. The fourth-order valence-electron chi connectivity index (χ4n) is 1.88. The third-order valence-corrected chi connectivity index (χ3v) is 3.05. The normalized spacial score (nSPS) is 11.0. The Morgan fingerprint density at radius 3 is 2.57 bits per heavy atom. The van der Waals surface area contributed by atoms with Crippen molar-refractivity contribution in [1.29, 1.82) is 0 Å². The SMILES string of the molecule is CC(C)CN(CC(=O)O)CC(=O)Nc1ccc(Br)cc1F. The number of nitrogens with zero attached hydrogens (tertiary/aromatic N) is 1. The molecule has 1 aromatic carbocycles. The van der Waals surface area contributed by atoms with Crippen molar-refractivity contribution in [3.05, 3.63) is 28.5 Å². The predicted octanol–water partition coefficient (Wildman–Crippen LogP) is 2.57. The smallest absolute Gasteiger partial charge is 0.317 e. The molecule has 0 unspecified atom stereocenters. The number of nitrogens with one attached hydrogen (secondary N) is 1. The number of hydrogen-bond donors (Lipinski definition) is 2. The second-order valence-electron chi connectivity index (χ2n) is 5.13. The van der Waals surface area contributed by atoms with E-state index in [1.807, 2.05) is 13.8 Å². The summed E-state index contributed by atoms with van der Waals surface area (Å²) in [5.41, 5.74) is 0.0722. The van der Waals surface area contributed by atoms with E-state index in [0.717, 1.165) is 0 Å². The van der Waals surface area contributed by atoms with Crippen LogP contribution in [0.5, 0.6) is 0 Å². The minimum atomic E-state index is -1.00. The summed E-state index contributed by atoms with van der Waals surface area (Å²) in [6, 6.07) is 4.31. The second kappa shape index (κ2) is 8.09. The average molecular weight is 361 g/mol. The van der Waals surface area contributed by atoms with E-state index in [1.165, 1.54) is 17.0 Å². The molecule has 1 amide bonds. The molecule has 1 rings (SSSR count). The number of carboxylic acids is 1. The molecule has 0 radical (unpaired) electrons. The van der Waals surface area contributed by atoms with Crippen LogP contribution in [-0.2, 0) is 9.59 Å². The summed E-state index contributed by atoms with van der Waals surface area (Å²) in [6.45, 7) is 4.01. The maximum absolute atomic E-state index is 13.6. The van der Waals surface area contributed by atoms with Crippen LogP contribution in [0.3, 0.4) is 0 Å². The maximum atomic E-state index is 13.6. The molecule has 0 bridgehead atoms. The van der Waals surface area contributed by atoms with Crippen molar-refractivity contribution in [3.8, 4) is 0 Å². The molecule has 1 aromatic rings. The van der Waals surface area contributed by atoms with Crippen LogP contribution in [-0.4, -0.2) is 41.5 Å². The number of rotatable bonds is 7. The quantitative estimate of drug-likeness (QED) is 0.783. The summed E-state index contributed by atoms with van der Waals surface area (Å²) in [6.07, 6.45) is 0. The molecular weight excluding hydrogens is 343 g/mol. The fourth-order valence-corrected chi connectivity index (χ4v) is 2.21. The van der Waals surface area contributed by atoms with Crippen molar-refractivity contribution in [2.75, 3.05) is 25.0 Å². The van der Waals surface area contributed by atoms with Crippen molar-refractivity contribution in [1.82, 2.24) is 4.90 Å². The van der Waals surface area contributed by atoms with Crippen molar-refractivity contribution < 1.29 is 19.1 Å². The lowest BCUT2D eigenvalue weighted by molar-refractivity contribution is -0.138. The van der Waals surface area contributed by atoms with E-state index < -0.39 is 17.7 Å². The van der Waals surface area contributed by atoms with Gasteiger partial charge in [0.25, 0.3) is 0 Å². The predicted molar refractivity (Wildman–Crippen MR) is 81.6 cm³/mol. The van der Waals surface area contributed by atoms with E-state index in [4.69, 9.17) is 5.11 Å². The van der Waals surface area contributed by atoms with E-state index in [0.29, 0.717) is 11.0 Å². The Kier molecular flexibility index (Phi) is 6.77. The summed E-state index contributed by atoms with van der Waals surface area (Å²) in [5, 5.41) is 11.3. The van der Waals surface area contributed by atoms with Gasteiger partial charge in [0.15, 0.2) is 0 Å². The van der Waals surface area contributed by atoms with Crippen LogP contribution < -0.4 is 5.32 Å². The molecule has 7 heteroatoms. The number of aliphatic carboxylic acids is 1.